The largest absolute Gasteiger partial charge is 0.358 e. The van der Waals surface area contributed by atoms with Crippen LogP contribution in [0.5, 0.6) is 0 Å². The second-order valence-electron chi connectivity index (χ2n) is 2.74. The summed E-state index contributed by atoms with van der Waals surface area (Å²) in [6.07, 6.45) is 0. The van der Waals surface area contributed by atoms with E-state index >= 15 is 0 Å². The third-order valence-corrected chi connectivity index (χ3v) is 1.68. The first kappa shape index (κ1) is 10.1. The Kier molecular flexibility index (Phi) is 3.52. The van der Waals surface area contributed by atoms with Gasteiger partial charge in [-0.3, -0.25) is 0 Å². The number of nitrogens with zero attached hydrogens (tertiary/aromatic N) is 2. The SMILES string of the molecule is CC#CCNc1nc(C)ccc1C#N. The van der Waals surface area contributed by atoms with Crippen molar-refractivity contribution in [1.82, 2.24) is 4.98 Å². The number of pyridine rings is 1. The number of nitriles is 1. The molecule has 0 aliphatic carbocycles. The van der Waals surface area contributed by atoms with Crippen molar-refractivity contribution in [3.63, 3.8) is 0 Å². The van der Waals surface area contributed by atoms with Crippen LogP contribution in [-0.4, -0.2) is 11.5 Å². The Balaban J connectivity index is 2.87. The molecule has 0 aliphatic rings. The Morgan fingerprint density at radius 1 is 1.50 bits per heavy atom. The summed E-state index contributed by atoms with van der Waals surface area (Å²) >= 11 is 0. The highest BCUT2D eigenvalue weighted by Gasteiger charge is 2.01. The van der Waals surface area contributed by atoms with Gasteiger partial charge < -0.3 is 5.32 Å². The number of hydrogen-bond acceptors (Lipinski definition) is 3. The van der Waals surface area contributed by atoms with E-state index in [1.165, 1.54) is 0 Å². The molecule has 0 spiro atoms. The zero-order valence-corrected chi connectivity index (χ0v) is 8.26. The first-order chi connectivity index (χ1) is 6.77. The molecule has 1 aromatic rings. The van der Waals surface area contributed by atoms with Crippen LogP contribution in [0.3, 0.4) is 0 Å². The zero-order valence-electron chi connectivity index (χ0n) is 8.26. The monoisotopic (exact) mass is 185 g/mol. The molecule has 0 saturated heterocycles. The predicted octanol–water partition coefficient (Wildman–Crippen LogP) is 1.70. The fourth-order valence-electron chi connectivity index (χ4n) is 0.998. The molecule has 0 atom stereocenters. The Morgan fingerprint density at radius 2 is 2.29 bits per heavy atom. The normalized spacial score (nSPS) is 8.36. The zero-order chi connectivity index (χ0) is 10.4. The van der Waals surface area contributed by atoms with E-state index in [0.717, 1.165) is 5.69 Å². The van der Waals surface area contributed by atoms with E-state index in [1.54, 1.807) is 13.0 Å². The third-order valence-electron chi connectivity index (χ3n) is 1.68. The van der Waals surface area contributed by atoms with Crippen LogP contribution in [0.4, 0.5) is 5.82 Å². The van der Waals surface area contributed by atoms with Crippen LogP contribution in [0.1, 0.15) is 18.2 Å². The molecule has 0 fully saturated rings. The van der Waals surface area contributed by atoms with Gasteiger partial charge in [0.15, 0.2) is 0 Å². The van der Waals surface area contributed by atoms with E-state index in [0.29, 0.717) is 17.9 Å². The second-order valence-corrected chi connectivity index (χ2v) is 2.74. The summed E-state index contributed by atoms with van der Waals surface area (Å²) in [4.78, 5) is 4.21. The number of anilines is 1. The summed E-state index contributed by atoms with van der Waals surface area (Å²) in [7, 11) is 0. The fourth-order valence-corrected chi connectivity index (χ4v) is 0.998. The van der Waals surface area contributed by atoms with E-state index < -0.39 is 0 Å². The topological polar surface area (TPSA) is 48.7 Å². The lowest BCUT2D eigenvalue weighted by Gasteiger charge is -2.04. The van der Waals surface area contributed by atoms with Crippen LogP contribution in [0, 0.1) is 30.1 Å². The van der Waals surface area contributed by atoms with Crippen LogP contribution >= 0.6 is 0 Å². The molecule has 0 aromatic carbocycles. The summed E-state index contributed by atoms with van der Waals surface area (Å²) in [5.74, 6) is 6.23. The summed E-state index contributed by atoms with van der Waals surface area (Å²) in [5.41, 5.74) is 1.43. The highest BCUT2D eigenvalue weighted by atomic mass is 15.0. The molecule has 1 aromatic heterocycles. The van der Waals surface area contributed by atoms with E-state index in [4.69, 9.17) is 5.26 Å². The van der Waals surface area contributed by atoms with Gasteiger partial charge in [0.2, 0.25) is 0 Å². The molecule has 1 heterocycles. The van der Waals surface area contributed by atoms with Gasteiger partial charge in [0.1, 0.15) is 11.9 Å². The lowest BCUT2D eigenvalue weighted by atomic mass is 10.2. The first-order valence-electron chi connectivity index (χ1n) is 4.29. The van der Waals surface area contributed by atoms with Crippen molar-refractivity contribution in [2.75, 3.05) is 11.9 Å². The molecule has 1 rings (SSSR count). The predicted molar refractivity (Wildman–Crippen MR) is 55.6 cm³/mol. The number of aromatic nitrogens is 1. The molecule has 0 radical (unpaired) electrons. The molecule has 0 bridgehead atoms. The maximum atomic E-state index is 8.80. The Bertz CT molecular complexity index is 418. The molecule has 0 saturated carbocycles. The van der Waals surface area contributed by atoms with Crippen LogP contribution in [0.15, 0.2) is 12.1 Å². The van der Waals surface area contributed by atoms with Crippen molar-refractivity contribution in [3.05, 3.63) is 23.4 Å². The second kappa shape index (κ2) is 4.89. The highest BCUT2D eigenvalue weighted by molar-refractivity contribution is 5.52. The quantitative estimate of drug-likeness (QED) is 0.713. The summed E-state index contributed by atoms with van der Waals surface area (Å²) in [6.45, 7) is 4.18. The highest BCUT2D eigenvalue weighted by Crippen LogP contribution is 2.11. The standard InChI is InChI=1S/C11H11N3/c1-3-4-7-13-11-10(8-12)6-5-9(2)14-11/h5-6H,7H2,1-2H3,(H,13,14). The Labute approximate surface area is 83.8 Å². The van der Waals surface area contributed by atoms with E-state index in [-0.39, 0.29) is 0 Å². The lowest BCUT2D eigenvalue weighted by Crippen LogP contribution is -2.03. The van der Waals surface area contributed by atoms with Crippen LogP contribution in [-0.2, 0) is 0 Å². The van der Waals surface area contributed by atoms with Crippen molar-refractivity contribution in [2.45, 2.75) is 13.8 Å². The number of hydrogen-bond donors (Lipinski definition) is 1. The minimum Gasteiger partial charge on any atom is -0.358 e. The van der Waals surface area contributed by atoms with Gasteiger partial charge >= 0.3 is 0 Å². The molecule has 14 heavy (non-hydrogen) atoms. The number of nitrogens with one attached hydrogen (secondary N) is 1. The number of aryl methyl sites for hydroxylation is 1. The summed E-state index contributed by atoms with van der Waals surface area (Å²) in [5, 5.41) is 11.8. The van der Waals surface area contributed by atoms with Crippen LogP contribution < -0.4 is 5.32 Å². The van der Waals surface area contributed by atoms with Crippen molar-refractivity contribution in [3.8, 4) is 17.9 Å². The molecule has 70 valence electrons. The van der Waals surface area contributed by atoms with Gasteiger partial charge in [-0.25, -0.2) is 4.98 Å². The minimum atomic E-state index is 0.516. The Morgan fingerprint density at radius 3 is 2.93 bits per heavy atom. The van der Waals surface area contributed by atoms with Gasteiger partial charge in [-0.15, -0.1) is 5.92 Å². The van der Waals surface area contributed by atoms with Gasteiger partial charge in [0.05, 0.1) is 12.1 Å². The fraction of sp³-hybridized carbons (Fsp3) is 0.273. The minimum absolute atomic E-state index is 0.516. The van der Waals surface area contributed by atoms with Crippen LogP contribution in [0.25, 0.3) is 0 Å². The van der Waals surface area contributed by atoms with E-state index in [1.807, 2.05) is 13.0 Å². The molecule has 3 nitrogen and oxygen atoms in total. The van der Waals surface area contributed by atoms with Gasteiger partial charge in [-0.05, 0) is 26.0 Å². The van der Waals surface area contributed by atoms with Crippen molar-refractivity contribution in [1.29, 1.82) is 5.26 Å². The van der Waals surface area contributed by atoms with Crippen molar-refractivity contribution < 1.29 is 0 Å². The smallest absolute Gasteiger partial charge is 0.144 e. The Hall–Kier alpha value is -2.00. The molecular formula is C11H11N3. The summed E-state index contributed by atoms with van der Waals surface area (Å²) in [6, 6.07) is 5.65. The van der Waals surface area contributed by atoms with E-state index in [9.17, 15) is 0 Å². The molecule has 0 unspecified atom stereocenters. The molecule has 1 N–H and O–H groups in total. The van der Waals surface area contributed by atoms with Gasteiger partial charge in [0, 0.05) is 5.69 Å². The van der Waals surface area contributed by atoms with Crippen molar-refractivity contribution >= 4 is 5.82 Å². The van der Waals surface area contributed by atoms with Gasteiger partial charge in [-0.2, -0.15) is 5.26 Å². The summed E-state index contributed by atoms with van der Waals surface area (Å²) < 4.78 is 0. The van der Waals surface area contributed by atoms with Crippen molar-refractivity contribution in [2.24, 2.45) is 0 Å². The van der Waals surface area contributed by atoms with Crippen LogP contribution in [0.2, 0.25) is 0 Å². The average molecular weight is 185 g/mol. The van der Waals surface area contributed by atoms with Gasteiger partial charge in [-0.1, -0.05) is 5.92 Å². The molecule has 0 aliphatic heterocycles. The molecule has 0 amide bonds. The first-order valence-corrected chi connectivity index (χ1v) is 4.29. The lowest BCUT2D eigenvalue weighted by molar-refractivity contribution is 1.16. The average Bonchev–Trinajstić information content (AvgIpc) is 2.19. The van der Waals surface area contributed by atoms with Gasteiger partial charge in [0.25, 0.3) is 0 Å². The maximum absolute atomic E-state index is 8.80. The van der Waals surface area contributed by atoms with E-state index in [2.05, 4.69) is 28.2 Å². The molecule has 3 heteroatoms. The number of rotatable bonds is 2. The molecular weight excluding hydrogens is 174 g/mol. The third kappa shape index (κ3) is 2.50. The maximum Gasteiger partial charge on any atom is 0.144 e.